The van der Waals surface area contributed by atoms with E-state index in [-0.39, 0.29) is 16.9 Å². The van der Waals surface area contributed by atoms with Gasteiger partial charge in [-0.05, 0) is 42.8 Å². The van der Waals surface area contributed by atoms with Crippen molar-refractivity contribution in [1.82, 2.24) is 19.5 Å². The Morgan fingerprint density at radius 1 is 1.25 bits per heavy atom. The molecule has 0 atom stereocenters. The van der Waals surface area contributed by atoms with Crippen molar-refractivity contribution in [3.8, 4) is 23.0 Å². The number of methoxy groups -OCH3 is 1. The van der Waals surface area contributed by atoms with Gasteiger partial charge in [0.05, 0.1) is 24.1 Å². The number of nitrogens with zero attached hydrogens (tertiary/aromatic N) is 5. The molecular weight excluding hydrogens is 406 g/mol. The van der Waals surface area contributed by atoms with Gasteiger partial charge in [0.25, 0.3) is 0 Å². The maximum Gasteiger partial charge on any atom is 0.357 e. The molecule has 9 heteroatoms. The molecule has 3 aromatic heterocycles. The molecule has 0 radical (unpaired) electrons. The highest BCUT2D eigenvalue weighted by Gasteiger charge is 2.22. The summed E-state index contributed by atoms with van der Waals surface area (Å²) in [6.45, 7) is 1.93. The molecule has 0 bridgehead atoms. The number of hydrogen-bond donors (Lipinski definition) is 2. The van der Waals surface area contributed by atoms with Crippen molar-refractivity contribution in [2.75, 3.05) is 18.2 Å². The summed E-state index contributed by atoms with van der Waals surface area (Å²) >= 11 is 0. The van der Waals surface area contributed by atoms with Crippen LogP contribution in [0.15, 0.2) is 61.2 Å². The summed E-state index contributed by atoms with van der Waals surface area (Å²) in [6, 6.07) is 13.1. The van der Waals surface area contributed by atoms with Gasteiger partial charge in [-0.1, -0.05) is 6.07 Å². The number of anilines is 3. The minimum atomic E-state index is -0.633. The first-order chi connectivity index (χ1) is 15.5. The average Bonchev–Trinajstić information content (AvgIpc) is 3.17. The van der Waals surface area contributed by atoms with Gasteiger partial charge >= 0.3 is 5.97 Å². The summed E-state index contributed by atoms with van der Waals surface area (Å²) in [4.78, 5) is 25.3. The lowest BCUT2D eigenvalue weighted by atomic mass is 10.1. The number of aromatic nitrogens is 4. The lowest BCUT2D eigenvalue weighted by Crippen LogP contribution is -2.11. The molecule has 4 aromatic rings. The third kappa shape index (κ3) is 3.85. The first-order valence-electron chi connectivity index (χ1n) is 9.62. The summed E-state index contributed by atoms with van der Waals surface area (Å²) in [7, 11) is 1.26. The molecule has 0 spiro atoms. The normalized spacial score (nSPS) is 10.4. The molecular formula is C23H19N7O2. The topological polar surface area (TPSA) is 132 Å². The number of carbonyl (C=O) groups excluding carboxylic acids is 1. The highest BCUT2D eigenvalue weighted by atomic mass is 16.5. The average molecular weight is 425 g/mol. The second kappa shape index (κ2) is 8.57. The van der Waals surface area contributed by atoms with E-state index >= 15 is 0 Å². The van der Waals surface area contributed by atoms with E-state index in [1.807, 2.05) is 43.3 Å². The fourth-order valence-electron chi connectivity index (χ4n) is 3.23. The van der Waals surface area contributed by atoms with Crippen molar-refractivity contribution < 1.29 is 9.53 Å². The molecule has 0 unspecified atom stereocenters. The lowest BCUT2D eigenvalue weighted by molar-refractivity contribution is 0.0593. The van der Waals surface area contributed by atoms with Crippen LogP contribution in [0.4, 0.5) is 17.3 Å². The maximum absolute atomic E-state index is 12.3. The Morgan fingerprint density at radius 2 is 2.09 bits per heavy atom. The number of aryl methyl sites for hydroxylation is 1. The Balaban J connectivity index is 1.73. The Labute approximate surface area is 184 Å². The van der Waals surface area contributed by atoms with E-state index in [1.165, 1.54) is 17.9 Å². The number of carbonyl (C=O) groups is 1. The molecule has 9 nitrogen and oxygen atoms in total. The smallest absolute Gasteiger partial charge is 0.357 e. The summed E-state index contributed by atoms with van der Waals surface area (Å²) in [5.74, 6) is -0.226. The zero-order chi connectivity index (χ0) is 22.7. The maximum atomic E-state index is 12.3. The van der Waals surface area contributed by atoms with Crippen LogP contribution in [-0.2, 0) is 4.74 Å². The standard InChI is InChI=1S/C23H19N7O2/c1-14-5-6-17(30-13-16(11-24)20(25)21(30)22(31)32-2)10-19(14)29-23-27-9-7-18(28-23)15-4-3-8-26-12-15/h3-10,12-13H,25H2,1-2H3,(H,27,28,29). The second-order valence-electron chi connectivity index (χ2n) is 6.91. The third-order valence-corrected chi connectivity index (χ3v) is 4.90. The highest BCUT2D eigenvalue weighted by molar-refractivity contribution is 5.96. The zero-order valence-electron chi connectivity index (χ0n) is 17.4. The minimum Gasteiger partial charge on any atom is -0.464 e. The number of benzene rings is 1. The number of ether oxygens (including phenoxy) is 1. The van der Waals surface area contributed by atoms with Crippen molar-refractivity contribution in [2.24, 2.45) is 0 Å². The summed E-state index contributed by atoms with van der Waals surface area (Å²) in [5, 5.41) is 12.6. The van der Waals surface area contributed by atoms with Gasteiger partial charge in [-0.2, -0.15) is 5.26 Å². The Morgan fingerprint density at radius 3 is 2.81 bits per heavy atom. The second-order valence-corrected chi connectivity index (χ2v) is 6.91. The largest absolute Gasteiger partial charge is 0.464 e. The van der Waals surface area contributed by atoms with Crippen LogP contribution in [0.3, 0.4) is 0 Å². The van der Waals surface area contributed by atoms with Crippen LogP contribution >= 0.6 is 0 Å². The highest BCUT2D eigenvalue weighted by Crippen LogP contribution is 2.28. The monoisotopic (exact) mass is 425 g/mol. The van der Waals surface area contributed by atoms with Crippen LogP contribution in [0, 0.1) is 18.3 Å². The van der Waals surface area contributed by atoms with Crippen molar-refractivity contribution in [3.05, 3.63) is 78.0 Å². The molecule has 0 fully saturated rings. The first-order valence-corrected chi connectivity index (χ1v) is 9.62. The zero-order valence-corrected chi connectivity index (χ0v) is 17.4. The van der Waals surface area contributed by atoms with Crippen LogP contribution < -0.4 is 11.1 Å². The molecule has 1 aromatic carbocycles. The van der Waals surface area contributed by atoms with Crippen LogP contribution in [0.5, 0.6) is 0 Å². The Hall–Kier alpha value is -4.71. The van der Waals surface area contributed by atoms with E-state index in [2.05, 4.69) is 20.3 Å². The number of nitrogen functional groups attached to an aromatic ring is 1. The third-order valence-electron chi connectivity index (χ3n) is 4.90. The quantitative estimate of drug-likeness (QED) is 0.463. The molecule has 158 valence electrons. The molecule has 0 saturated heterocycles. The lowest BCUT2D eigenvalue weighted by Gasteiger charge is -2.13. The number of pyridine rings is 1. The van der Waals surface area contributed by atoms with E-state index in [9.17, 15) is 10.1 Å². The van der Waals surface area contributed by atoms with Crippen molar-refractivity contribution >= 4 is 23.3 Å². The van der Waals surface area contributed by atoms with Crippen molar-refractivity contribution in [3.63, 3.8) is 0 Å². The fraction of sp³-hybridized carbons (Fsp3) is 0.0870. The molecule has 4 rings (SSSR count). The SMILES string of the molecule is COC(=O)c1c(N)c(C#N)cn1-c1ccc(C)c(Nc2nccc(-c3cccnc3)n2)c1. The minimum absolute atomic E-state index is 0.0712. The van der Waals surface area contributed by atoms with Crippen molar-refractivity contribution in [1.29, 1.82) is 5.26 Å². The van der Waals surface area contributed by atoms with E-state index in [1.54, 1.807) is 24.7 Å². The van der Waals surface area contributed by atoms with Crippen LogP contribution in [-0.4, -0.2) is 32.6 Å². The van der Waals surface area contributed by atoms with Crippen LogP contribution in [0.1, 0.15) is 21.6 Å². The van der Waals surface area contributed by atoms with E-state index in [0.29, 0.717) is 11.6 Å². The van der Waals surface area contributed by atoms with Gasteiger partial charge in [-0.15, -0.1) is 0 Å². The van der Waals surface area contributed by atoms with E-state index in [0.717, 1.165) is 22.5 Å². The van der Waals surface area contributed by atoms with E-state index in [4.69, 9.17) is 10.5 Å². The molecule has 0 aliphatic carbocycles. The molecule has 0 saturated carbocycles. The van der Waals surface area contributed by atoms with Gasteiger partial charge in [0, 0.05) is 41.7 Å². The predicted molar refractivity (Wildman–Crippen MR) is 120 cm³/mol. The number of rotatable bonds is 5. The number of nitrogens with two attached hydrogens (primary N) is 1. The number of hydrogen-bond acceptors (Lipinski definition) is 8. The van der Waals surface area contributed by atoms with Gasteiger partial charge in [-0.3, -0.25) is 4.98 Å². The van der Waals surface area contributed by atoms with Gasteiger partial charge in [0.2, 0.25) is 5.95 Å². The van der Waals surface area contributed by atoms with Gasteiger partial charge < -0.3 is 20.4 Å². The molecule has 0 aliphatic rings. The number of nitriles is 1. The summed E-state index contributed by atoms with van der Waals surface area (Å²) in [6.07, 6.45) is 6.61. The molecule has 0 aliphatic heterocycles. The number of nitrogens with one attached hydrogen (secondary N) is 1. The first kappa shape index (κ1) is 20.6. The van der Waals surface area contributed by atoms with Crippen molar-refractivity contribution in [2.45, 2.75) is 6.92 Å². The molecule has 3 N–H and O–H groups in total. The Bertz CT molecular complexity index is 1340. The summed E-state index contributed by atoms with van der Waals surface area (Å²) < 4.78 is 6.39. The van der Waals surface area contributed by atoms with Gasteiger partial charge in [0.1, 0.15) is 6.07 Å². The molecule has 32 heavy (non-hydrogen) atoms. The van der Waals surface area contributed by atoms with Gasteiger partial charge in [0.15, 0.2) is 5.69 Å². The summed E-state index contributed by atoms with van der Waals surface area (Å²) in [5.41, 5.74) is 10.2. The van der Waals surface area contributed by atoms with Crippen LogP contribution in [0.25, 0.3) is 16.9 Å². The molecule has 0 amide bonds. The Kier molecular flexibility index (Phi) is 5.51. The van der Waals surface area contributed by atoms with Gasteiger partial charge in [-0.25, -0.2) is 14.8 Å². The number of esters is 1. The predicted octanol–water partition coefficient (Wildman–Crippen LogP) is 3.62. The fourth-order valence-corrected chi connectivity index (χ4v) is 3.23. The van der Waals surface area contributed by atoms with E-state index < -0.39 is 5.97 Å². The van der Waals surface area contributed by atoms with Crippen LogP contribution in [0.2, 0.25) is 0 Å². The molecule has 3 heterocycles.